The Morgan fingerprint density at radius 2 is 1.61 bits per heavy atom. The number of ketones is 1. The summed E-state index contributed by atoms with van der Waals surface area (Å²) in [5, 5.41) is 0. The van der Waals surface area contributed by atoms with Crippen molar-refractivity contribution in [2.45, 2.75) is 167 Å². The van der Waals surface area contributed by atoms with E-state index in [4.69, 9.17) is 37.9 Å². The van der Waals surface area contributed by atoms with Crippen molar-refractivity contribution in [3.8, 4) is 0 Å². The van der Waals surface area contributed by atoms with Crippen LogP contribution in [0.15, 0.2) is 23.8 Å². The molecule has 0 aromatic heterocycles. The first-order valence-electron chi connectivity index (χ1n) is 21.4. The number of methoxy groups -OCH3 is 3. The average Bonchev–Trinajstić information content (AvgIpc) is 3.76. The summed E-state index contributed by atoms with van der Waals surface area (Å²) < 4.78 is 49.6. The molecular weight excluding hydrogens is 718 g/mol. The van der Waals surface area contributed by atoms with Crippen molar-refractivity contribution in [1.82, 2.24) is 4.90 Å². The summed E-state index contributed by atoms with van der Waals surface area (Å²) in [6.07, 6.45) is 9.55. The molecule has 56 heavy (non-hydrogen) atoms. The maximum atomic E-state index is 14.8. The summed E-state index contributed by atoms with van der Waals surface area (Å²) in [6.45, 7) is 11.8. The van der Waals surface area contributed by atoms with Crippen LogP contribution in [0, 0.1) is 41.4 Å². The molecule has 3 heterocycles. The van der Waals surface area contributed by atoms with Crippen LogP contribution in [0.1, 0.15) is 99.3 Å². The van der Waals surface area contributed by atoms with Crippen LogP contribution in [0.25, 0.3) is 0 Å². The van der Waals surface area contributed by atoms with E-state index in [1.807, 2.05) is 46.6 Å². The van der Waals surface area contributed by atoms with Gasteiger partial charge in [0, 0.05) is 52.6 Å². The Hall–Kier alpha value is -2.19. The van der Waals surface area contributed by atoms with Crippen LogP contribution >= 0.6 is 0 Å². The quantitative estimate of drug-likeness (QED) is 0.190. The molecule has 12 heteroatoms. The highest BCUT2D eigenvalue weighted by atomic mass is 16.7. The van der Waals surface area contributed by atoms with E-state index < -0.39 is 24.6 Å². The van der Waals surface area contributed by atoms with Crippen molar-refractivity contribution in [2.75, 3.05) is 28.4 Å². The number of fused-ring (bicyclic) bond motifs is 5. The minimum absolute atomic E-state index is 0.0131. The van der Waals surface area contributed by atoms with E-state index in [1.165, 1.54) is 0 Å². The Balaban J connectivity index is 1.19. The Kier molecular flexibility index (Phi) is 14.6. The zero-order valence-electron chi connectivity index (χ0n) is 35.4. The number of cyclic esters (lactones) is 1. The lowest BCUT2D eigenvalue weighted by atomic mass is 9.70. The molecule has 4 fully saturated rings. The maximum absolute atomic E-state index is 14.8. The number of hydrogen-bond acceptors (Lipinski definition) is 11. The normalized spacial score (nSPS) is 43.2. The molecule has 17 atom stereocenters. The predicted octanol–water partition coefficient (Wildman–Crippen LogP) is 6.04. The van der Waals surface area contributed by atoms with Gasteiger partial charge in [-0.3, -0.25) is 14.4 Å². The third kappa shape index (κ3) is 9.01. The van der Waals surface area contributed by atoms with Crippen molar-refractivity contribution in [2.24, 2.45) is 41.4 Å². The largest absolute Gasteiger partial charge is 0.462 e. The van der Waals surface area contributed by atoms with Gasteiger partial charge in [-0.2, -0.15) is 0 Å². The monoisotopic (exact) mass is 787 g/mol. The minimum Gasteiger partial charge on any atom is -0.462 e. The molecule has 0 aromatic carbocycles. The molecule has 3 saturated heterocycles. The molecule has 3 unspecified atom stereocenters. The maximum Gasteiger partial charge on any atom is 0.306 e. The Morgan fingerprint density at radius 3 is 2.27 bits per heavy atom. The highest BCUT2D eigenvalue weighted by Gasteiger charge is 2.53. The lowest BCUT2D eigenvalue weighted by molar-refractivity contribution is -0.314. The van der Waals surface area contributed by atoms with Gasteiger partial charge in [0.25, 0.3) is 0 Å². The summed E-state index contributed by atoms with van der Waals surface area (Å²) in [5.41, 5.74) is 0.727. The Morgan fingerprint density at radius 1 is 0.875 bits per heavy atom. The van der Waals surface area contributed by atoms with Crippen molar-refractivity contribution in [3.63, 3.8) is 0 Å². The highest BCUT2D eigenvalue weighted by molar-refractivity contribution is 5.99. The molecule has 316 valence electrons. The first-order chi connectivity index (χ1) is 26.8. The van der Waals surface area contributed by atoms with Crippen molar-refractivity contribution in [1.29, 1.82) is 0 Å². The smallest absolute Gasteiger partial charge is 0.306 e. The second-order valence-electron chi connectivity index (χ2n) is 17.6. The van der Waals surface area contributed by atoms with E-state index in [9.17, 15) is 14.4 Å². The molecule has 1 amide bonds. The number of carbonyl (C=O) groups excluding carboxylic acids is 3. The molecule has 0 radical (unpaired) electrons. The topological polar surface area (TPSA) is 128 Å². The zero-order chi connectivity index (χ0) is 40.4. The van der Waals surface area contributed by atoms with E-state index in [1.54, 1.807) is 21.3 Å². The van der Waals surface area contributed by atoms with E-state index in [-0.39, 0.29) is 108 Å². The fraction of sp³-hybridized carbons (Fsp3) is 0.841. The van der Waals surface area contributed by atoms with Crippen LogP contribution in [-0.2, 0) is 52.3 Å². The third-order valence-corrected chi connectivity index (χ3v) is 13.9. The van der Waals surface area contributed by atoms with Gasteiger partial charge in [-0.15, -0.1) is 0 Å². The minimum atomic E-state index is -0.612. The van der Waals surface area contributed by atoms with Gasteiger partial charge in [0.05, 0.1) is 36.9 Å². The van der Waals surface area contributed by atoms with Crippen molar-refractivity contribution in [3.05, 3.63) is 23.8 Å². The molecule has 6 aliphatic rings. The Labute approximate surface area is 334 Å². The van der Waals surface area contributed by atoms with Gasteiger partial charge in [0.2, 0.25) is 5.91 Å². The number of ether oxygens (including phenoxy) is 8. The highest BCUT2D eigenvalue weighted by Crippen LogP contribution is 2.54. The summed E-state index contributed by atoms with van der Waals surface area (Å²) in [6, 6.07) is -0.0317. The number of amides is 1. The number of likely N-dealkylation sites (N-methyl/N-ethyl adjacent to an activating group) is 1. The summed E-state index contributed by atoms with van der Waals surface area (Å²) in [4.78, 5) is 42.9. The number of rotatable bonds is 10. The molecule has 0 spiro atoms. The fourth-order valence-electron chi connectivity index (χ4n) is 10.8. The number of allylic oxidation sites excluding steroid dienone is 4. The molecule has 3 aliphatic carbocycles. The van der Waals surface area contributed by atoms with E-state index in [0.29, 0.717) is 19.3 Å². The van der Waals surface area contributed by atoms with Gasteiger partial charge in [-0.05, 0) is 88.0 Å². The molecule has 12 nitrogen and oxygen atoms in total. The number of carbonyl (C=O) groups is 3. The van der Waals surface area contributed by atoms with Crippen LogP contribution in [0.3, 0.4) is 0 Å². The second kappa shape index (κ2) is 18.8. The first-order valence-corrected chi connectivity index (χ1v) is 21.4. The summed E-state index contributed by atoms with van der Waals surface area (Å²) in [5.74, 6) is -0.253. The standard InChI is InChI=1S/C44H69NO11/c1-11-28-13-12-14-36(56-38-18-17-35(25(5)52-38)45(7)43(48)23(2)3)24(4)39(47)34-21-32-30(33(34)22-37(46)54-28)16-15-27-19-29(20-31(27)32)55-44-42(51-10)41(50-9)40(49-8)26(6)53-44/h15-16,21,23-33,35-36,38,40-42,44H,11-14,17-20,22H2,1-10H3/t24-,25?,26?,27-,28+,29-,30-,31-,32-,33+,35+,36+,38+,40+,41?,42+,44+/m1/s1. The Bertz CT molecular complexity index is 1430. The number of nitrogens with zero attached hydrogens (tertiary/aromatic N) is 1. The van der Waals surface area contributed by atoms with Crippen LogP contribution in [0.4, 0.5) is 0 Å². The second-order valence-corrected chi connectivity index (χ2v) is 17.6. The van der Waals surface area contributed by atoms with Gasteiger partial charge in [0.1, 0.15) is 24.4 Å². The van der Waals surface area contributed by atoms with E-state index in [2.05, 4.69) is 25.2 Å². The summed E-state index contributed by atoms with van der Waals surface area (Å²) >= 11 is 0. The molecule has 3 aliphatic heterocycles. The third-order valence-electron chi connectivity index (χ3n) is 13.9. The molecule has 6 rings (SSSR count). The van der Waals surface area contributed by atoms with Crippen molar-refractivity contribution >= 4 is 17.7 Å². The number of hydrogen-bond donors (Lipinski definition) is 0. The van der Waals surface area contributed by atoms with Crippen LogP contribution in [-0.4, -0.2) is 118 Å². The van der Waals surface area contributed by atoms with Crippen molar-refractivity contribution < 1.29 is 52.3 Å². The fourth-order valence-corrected chi connectivity index (χ4v) is 10.8. The number of esters is 1. The van der Waals surface area contributed by atoms with E-state index in [0.717, 1.165) is 37.7 Å². The van der Waals surface area contributed by atoms with Crippen LogP contribution in [0.2, 0.25) is 0 Å². The molecule has 0 bridgehead atoms. The van der Waals surface area contributed by atoms with Gasteiger partial charge < -0.3 is 42.8 Å². The average molecular weight is 788 g/mol. The molecule has 1 saturated carbocycles. The molecular formula is C44H69NO11. The lowest BCUT2D eigenvalue weighted by Gasteiger charge is -2.44. The predicted molar refractivity (Wildman–Crippen MR) is 208 cm³/mol. The molecule has 0 aromatic rings. The molecule has 0 N–H and O–H groups in total. The summed E-state index contributed by atoms with van der Waals surface area (Å²) in [7, 11) is 6.81. The SMILES string of the molecule is CC[C@H]1CCC[C@H](O[C@H]2CC[C@H](N(C)C(=O)C(C)C)C(C)O2)[C@@H](C)C(=O)C2=C[C@@H]3[C@@H](C=C[C@@H]4C[C@@H](O[C@@H]5OC(C)[C@H](OC)C(OC)[C@@H]5OC)C[C@@H]34)[C@@H]2CC(=O)O1. The lowest BCUT2D eigenvalue weighted by Crippen LogP contribution is -2.59. The van der Waals surface area contributed by atoms with Gasteiger partial charge in [-0.1, -0.05) is 45.9 Å². The number of Topliss-reactive ketones (excluding diaryl/α,β-unsaturated/α-hetero) is 1. The van der Waals surface area contributed by atoms with E-state index >= 15 is 0 Å². The van der Waals surface area contributed by atoms with Gasteiger partial charge in [-0.25, -0.2) is 0 Å². The zero-order valence-corrected chi connectivity index (χ0v) is 35.4. The first kappa shape index (κ1) is 43.4. The van der Waals surface area contributed by atoms with Crippen LogP contribution in [0.5, 0.6) is 0 Å². The van der Waals surface area contributed by atoms with Gasteiger partial charge in [0.15, 0.2) is 18.4 Å². The van der Waals surface area contributed by atoms with Crippen LogP contribution < -0.4 is 0 Å². The van der Waals surface area contributed by atoms with Gasteiger partial charge >= 0.3 is 5.97 Å².